The minimum absolute atomic E-state index is 0.0832. The zero-order valence-corrected chi connectivity index (χ0v) is 23.4. The lowest BCUT2D eigenvalue weighted by Gasteiger charge is -2.36. The van der Waals surface area contributed by atoms with Crippen molar-refractivity contribution >= 4 is 37.1 Å². The van der Waals surface area contributed by atoms with Crippen molar-refractivity contribution in [3.05, 3.63) is 0 Å². The third-order valence-electron chi connectivity index (χ3n) is 5.26. The number of rotatable bonds is 20. The van der Waals surface area contributed by atoms with E-state index in [1.54, 1.807) is 56.9 Å². The van der Waals surface area contributed by atoms with Crippen LogP contribution in [0.5, 0.6) is 0 Å². The van der Waals surface area contributed by atoms with Crippen molar-refractivity contribution in [2.24, 2.45) is 5.41 Å². The largest absolute Gasteiger partial charge is 0.397 e. The summed E-state index contributed by atoms with van der Waals surface area (Å²) in [7, 11) is 8.75. The lowest BCUT2D eigenvalue weighted by Crippen LogP contribution is -2.33. The van der Waals surface area contributed by atoms with Crippen LogP contribution in [-0.2, 0) is 35.4 Å². The molecule has 0 bridgehead atoms. The highest BCUT2D eigenvalue weighted by Gasteiger charge is 2.36. The van der Waals surface area contributed by atoms with E-state index in [0.717, 1.165) is 49.9 Å². The maximum atomic E-state index is 5.55. The molecule has 0 aromatic rings. The Kier molecular flexibility index (Phi) is 18.5. The van der Waals surface area contributed by atoms with Crippen molar-refractivity contribution in [2.45, 2.75) is 49.9 Å². The molecule has 172 valence electrons. The van der Waals surface area contributed by atoms with Crippen molar-refractivity contribution in [3.8, 4) is 0 Å². The molecule has 0 atom stereocenters. The second kappa shape index (κ2) is 18.2. The van der Waals surface area contributed by atoms with E-state index in [0.29, 0.717) is 0 Å². The SMILES string of the molecule is CO[Si](CCC(CC[Si](OC)OC)(CC[Si](OC)OC)CC[Si](OC)OC)OC. The van der Waals surface area contributed by atoms with Crippen LogP contribution in [0.15, 0.2) is 0 Å². The Morgan fingerprint density at radius 1 is 0.379 bits per heavy atom. The van der Waals surface area contributed by atoms with Gasteiger partial charge in [-0.25, -0.2) is 0 Å². The van der Waals surface area contributed by atoms with Crippen LogP contribution in [0.25, 0.3) is 0 Å². The standard InChI is InChI=1S/C17H40O8Si4/c1-18-26(19-2)13-9-17(10-14-27(20-3)21-4,11-15-28(22-5)23-6)12-16-29(24-7)25-8/h9-16H2,1-8H3. The minimum Gasteiger partial charge on any atom is -0.397 e. The molecule has 0 N–H and O–H groups in total. The molecule has 0 rings (SSSR count). The Balaban J connectivity index is 5.46. The Morgan fingerprint density at radius 2 is 0.552 bits per heavy atom. The summed E-state index contributed by atoms with van der Waals surface area (Å²) in [6.07, 6.45) is 4.04. The number of hydrogen-bond acceptors (Lipinski definition) is 8. The zero-order valence-electron chi connectivity index (χ0n) is 19.4. The second-order valence-electron chi connectivity index (χ2n) is 6.62. The first-order chi connectivity index (χ1) is 14.0. The van der Waals surface area contributed by atoms with E-state index < -0.39 is 37.1 Å². The highest BCUT2D eigenvalue weighted by atomic mass is 28.3. The van der Waals surface area contributed by atoms with Crippen LogP contribution in [0.2, 0.25) is 24.2 Å². The van der Waals surface area contributed by atoms with Gasteiger partial charge in [-0.1, -0.05) is 0 Å². The van der Waals surface area contributed by atoms with E-state index in [-0.39, 0.29) is 5.41 Å². The minimum atomic E-state index is -1.26. The third kappa shape index (κ3) is 12.2. The lowest BCUT2D eigenvalue weighted by molar-refractivity contribution is 0.190. The molecular formula is C17H40O8Si4. The van der Waals surface area contributed by atoms with E-state index in [9.17, 15) is 0 Å². The van der Waals surface area contributed by atoms with Crippen molar-refractivity contribution in [1.29, 1.82) is 0 Å². The van der Waals surface area contributed by atoms with Crippen LogP contribution < -0.4 is 0 Å². The highest BCUT2D eigenvalue weighted by Crippen LogP contribution is 2.42. The van der Waals surface area contributed by atoms with Crippen molar-refractivity contribution in [1.82, 2.24) is 0 Å². The van der Waals surface area contributed by atoms with Crippen LogP contribution in [0, 0.1) is 5.41 Å². The summed E-state index contributed by atoms with van der Waals surface area (Å²) >= 11 is 0. The highest BCUT2D eigenvalue weighted by molar-refractivity contribution is 6.45. The Hall–Kier alpha value is 0.548. The van der Waals surface area contributed by atoms with Gasteiger partial charge in [0.2, 0.25) is 0 Å². The predicted molar refractivity (Wildman–Crippen MR) is 119 cm³/mol. The predicted octanol–water partition coefficient (Wildman–Crippen LogP) is 2.66. The lowest BCUT2D eigenvalue weighted by atomic mass is 9.77. The fourth-order valence-electron chi connectivity index (χ4n) is 3.37. The Labute approximate surface area is 184 Å². The summed E-state index contributed by atoms with van der Waals surface area (Å²) in [5.74, 6) is 0. The van der Waals surface area contributed by atoms with Crippen LogP contribution in [0.3, 0.4) is 0 Å². The first-order valence-corrected chi connectivity index (χ1v) is 15.8. The average Bonchev–Trinajstić information content (AvgIpc) is 2.76. The second-order valence-corrected chi connectivity index (χ2v) is 14.9. The Bertz CT molecular complexity index is 298. The van der Waals surface area contributed by atoms with Gasteiger partial charge in [0.25, 0.3) is 0 Å². The molecule has 0 aliphatic heterocycles. The summed E-state index contributed by atoms with van der Waals surface area (Å²) in [4.78, 5) is 0. The normalized spacial score (nSPS) is 12.8. The van der Waals surface area contributed by atoms with Crippen LogP contribution in [0.4, 0.5) is 0 Å². The molecule has 0 aromatic carbocycles. The molecule has 0 saturated heterocycles. The summed E-state index contributed by atoms with van der Waals surface area (Å²) in [5, 5.41) is 0. The molecular weight excluding hydrogens is 445 g/mol. The van der Waals surface area contributed by atoms with E-state index in [1.807, 2.05) is 0 Å². The van der Waals surface area contributed by atoms with Crippen molar-refractivity contribution < 1.29 is 35.4 Å². The summed E-state index contributed by atoms with van der Waals surface area (Å²) < 4.78 is 44.4. The average molecular weight is 485 g/mol. The molecule has 0 unspecified atom stereocenters. The molecule has 4 radical (unpaired) electrons. The first-order valence-electron chi connectivity index (χ1n) is 9.73. The molecule has 0 saturated carbocycles. The molecule has 0 aliphatic carbocycles. The zero-order chi connectivity index (χ0) is 22.1. The Morgan fingerprint density at radius 3 is 0.690 bits per heavy atom. The van der Waals surface area contributed by atoms with Gasteiger partial charge in [-0.3, -0.25) is 0 Å². The summed E-state index contributed by atoms with van der Waals surface area (Å²) in [6, 6.07) is 3.68. The third-order valence-corrected chi connectivity index (χ3v) is 11.5. The maximum Gasteiger partial charge on any atom is 0.384 e. The van der Waals surface area contributed by atoms with Gasteiger partial charge < -0.3 is 35.4 Å². The number of hydrogen-bond donors (Lipinski definition) is 0. The van der Waals surface area contributed by atoms with Crippen LogP contribution in [0.1, 0.15) is 25.7 Å². The fourth-order valence-corrected chi connectivity index (χ4v) is 8.61. The van der Waals surface area contributed by atoms with Gasteiger partial charge >= 0.3 is 37.1 Å². The molecule has 0 aromatic heterocycles. The van der Waals surface area contributed by atoms with Crippen LogP contribution in [-0.4, -0.2) is 94.0 Å². The van der Waals surface area contributed by atoms with Gasteiger partial charge in [0.15, 0.2) is 0 Å². The monoisotopic (exact) mass is 484 g/mol. The van der Waals surface area contributed by atoms with Gasteiger partial charge in [-0.15, -0.1) is 0 Å². The summed E-state index contributed by atoms with van der Waals surface area (Å²) in [6.45, 7) is 0. The molecule has 0 amide bonds. The van der Waals surface area contributed by atoms with E-state index in [4.69, 9.17) is 35.4 Å². The molecule has 0 fully saturated rings. The molecule has 8 nitrogen and oxygen atoms in total. The quantitative estimate of drug-likeness (QED) is 0.244. The van der Waals surface area contributed by atoms with Gasteiger partial charge in [0.1, 0.15) is 0 Å². The van der Waals surface area contributed by atoms with Gasteiger partial charge in [0, 0.05) is 56.9 Å². The molecule has 0 spiro atoms. The summed E-state index contributed by atoms with van der Waals surface area (Å²) in [5.41, 5.74) is 0.0832. The van der Waals surface area contributed by atoms with E-state index >= 15 is 0 Å². The van der Waals surface area contributed by atoms with Crippen LogP contribution >= 0.6 is 0 Å². The van der Waals surface area contributed by atoms with Crippen molar-refractivity contribution in [2.75, 3.05) is 56.9 Å². The maximum absolute atomic E-state index is 5.55. The van der Waals surface area contributed by atoms with E-state index in [2.05, 4.69) is 0 Å². The molecule has 0 aliphatic rings. The topological polar surface area (TPSA) is 73.8 Å². The van der Waals surface area contributed by atoms with E-state index in [1.165, 1.54) is 0 Å². The van der Waals surface area contributed by atoms with Gasteiger partial charge in [-0.2, -0.15) is 0 Å². The molecule has 0 heterocycles. The van der Waals surface area contributed by atoms with Crippen molar-refractivity contribution in [3.63, 3.8) is 0 Å². The molecule has 29 heavy (non-hydrogen) atoms. The molecule has 12 heteroatoms. The van der Waals surface area contributed by atoms with Gasteiger partial charge in [0.05, 0.1) is 0 Å². The first kappa shape index (κ1) is 29.5. The fraction of sp³-hybridized carbons (Fsp3) is 1.00. The smallest absolute Gasteiger partial charge is 0.384 e. The van der Waals surface area contributed by atoms with Gasteiger partial charge in [-0.05, 0) is 55.3 Å².